The predicted molar refractivity (Wildman–Crippen MR) is 70.7 cm³/mol. The Morgan fingerprint density at radius 2 is 2.06 bits per heavy atom. The third-order valence-electron chi connectivity index (χ3n) is 3.48. The van der Waals surface area contributed by atoms with Gasteiger partial charge in [0.05, 0.1) is 4.88 Å². The number of hydrogen-bond acceptors (Lipinski definition) is 2. The van der Waals surface area contributed by atoms with Crippen LogP contribution < -0.4 is 0 Å². The highest BCUT2D eigenvalue weighted by atomic mass is 32.1. The summed E-state index contributed by atoms with van der Waals surface area (Å²) in [5, 5.41) is 1.97. The fraction of sp³-hybridized carbons (Fsp3) is 0.267. The molecule has 1 nitrogen and oxygen atoms in total. The second kappa shape index (κ2) is 4.11. The number of rotatable bonds is 3. The predicted octanol–water partition coefficient (Wildman–Crippen LogP) is 4.04. The van der Waals surface area contributed by atoms with Gasteiger partial charge in [-0.2, -0.15) is 0 Å². The first-order chi connectivity index (χ1) is 8.27. The zero-order chi connectivity index (χ0) is 11.8. The minimum absolute atomic E-state index is 0.217. The van der Waals surface area contributed by atoms with E-state index in [-0.39, 0.29) is 5.92 Å². The lowest BCUT2D eigenvalue weighted by Crippen LogP contribution is -2.00. The molecule has 1 aromatic heterocycles. The third-order valence-corrected chi connectivity index (χ3v) is 4.36. The Kier molecular flexibility index (Phi) is 2.60. The summed E-state index contributed by atoms with van der Waals surface area (Å²) in [6.07, 6.45) is 1.02. The highest BCUT2D eigenvalue weighted by Gasteiger charge is 2.44. The molecular weight excluding hydrogens is 228 g/mol. The highest BCUT2D eigenvalue weighted by Crippen LogP contribution is 2.50. The van der Waals surface area contributed by atoms with Gasteiger partial charge < -0.3 is 0 Å². The SMILES string of the molecule is Cc1ccccc1C1CC1C(=O)c1cccs1. The van der Waals surface area contributed by atoms with Crippen molar-refractivity contribution in [1.29, 1.82) is 0 Å². The lowest BCUT2D eigenvalue weighted by molar-refractivity contribution is 0.0969. The van der Waals surface area contributed by atoms with Crippen molar-refractivity contribution in [2.75, 3.05) is 0 Å². The summed E-state index contributed by atoms with van der Waals surface area (Å²) in [5.74, 6) is 0.994. The summed E-state index contributed by atoms with van der Waals surface area (Å²) in [7, 11) is 0. The number of carbonyl (C=O) groups is 1. The highest BCUT2D eigenvalue weighted by molar-refractivity contribution is 7.12. The maximum absolute atomic E-state index is 12.2. The molecular formula is C15H14OS. The second-order valence-electron chi connectivity index (χ2n) is 4.65. The molecule has 0 spiro atoms. The molecule has 3 rings (SSSR count). The number of hydrogen-bond donors (Lipinski definition) is 0. The van der Waals surface area contributed by atoms with E-state index in [1.54, 1.807) is 11.3 Å². The van der Waals surface area contributed by atoms with E-state index in [4.69, 9.17) is 0 Å². The van der Waals surface area contributed by atoms with Crippen LogP contribution in [0.2, 0.25) is 0 Å². The summed E-state index contributed by atoms with van der Waals surface area (Å²) < 4.78 is 0. The third kappa shape index (κ3) is 1.93. The molecule has 0 amide bonds. The van der Waals surface area contributed by atoms with Gasteiger partial charge in [-0.05, 0) is 41.8 Å². The molecule has 2 aromatic rings. The summed E-state index contributed by atoms with van der Waals surface area (Å²) in [6.45, 7) is 2.13. The first-order valence-corrected chi connectivity index (χ1v) is 6.78. The van der Waals surface area contributed by atoms with Crippen LogP contribution in [0.3, 0.4) is 0 Å². The van der Waals surface area contributed by atoms with E-state index in [1.165, 1.54) is 11.1 Å². The van der Waals surface area contributed by atoms with Crippen molar-refractivity contribution in [2.45, 2.75) is 19.3 Å². The van der Waals surface area contributed by atoms with E-state index in [0.717, 1.165) is 11.3 Å². The first-order valence-electron chi connectivity index (χ1n) is 5.90. The van der Waals surface area contributed by atoms with E-state index in [2.05, 4.69) is 31.2 Å². The fourth-order valence-electron chi connectivity index (χ4n) is 2.43. The Hall–Kier alpha value is -1.41. The van der Waals surface area contributed by atoms with Gasteiger partial charge in [-0.15, -0.1) is 11.3 Å². The molecule has 1 saturated carbocycles. The number of ketones is 1. The maximum Gasteiger partial charge on any atom is 0.176 e. The van der Waals surface area contributed by atoms with E-state index in [1.807, 2.05) is 17.5 Å². The van der Waals surface area contributed by atoms with Gasteiger partial charge >= 0.3 is 0 Å². The van der Waals surface area contributed by atoms with Crippen molar-refractivity contribution in [3.63, 3.8) is 0 Å². The van der Waals surface area contributed by atoms with E-state index in [9.17, 15) is 4.79 Å². The molecule has 0 saturated heterocycles. The zero-order valence-electron chi connectivity index (χ0n) is 9.72. The molecule has 86 valence electrons. The van der Waals surface area contributed by atoms with E-state index >= 15 is 0 Å². The van der Waals surface area contributed by atoms with Gasteiger partial charge in [-0.1, -0.05) is 30.3 Å². The zero-order valence-corrected chi connectivity index (χ0v) is 10.5. The van der Waals surface area contributed by atoms with Gasteiger partial charge in [0.2, 0.25) is 0 Å². The van der Waals surface area contributed by atoms with Crippen molar-refractivity contribution in [3.8, 4) is 0 Å². The van der Waals surface area contributed by atoms with E-state index in [0.29, 0.717) is 11.7 Å². The van der Waals surface area contributed by atoms with Crippen LogP contribution in [0.5, 0.6) is 0 Å². The van der Waals surface area contributed by atoms with Gasteiger partial charge in [0, 0.05) is 5.92 Å². The summed E-state index contributed by atoms with van der Waals surface area (Å²) in [6, 6.07) is 12.3. The lowest BCUT2D eigenvalue weighted by atomic mass is 10.0. The summed E-state index contributed by atoms with van der Waals surface area (Å²) in [4.78, 5) is 13.1. The molecule has 17 heavy (non-hydrogen) atoms. The van der Waals surface area contributed by atoms with Gasteiger partial charge in [-0.25, -0.2) is 0 Å². The number of aryl methyl sites for hydroxylation is 1. The largest absolute Gasteiger partial charge is 0.293 e. The number of carbonyl (C=O) groups excluding carboxylic acids is 1. The molecule has 1 aromatic carbocycles. The van der Waals surface area contributed by atoms with Gasteiger partial charge in [0.25, 0.3) is 0 Å². The molecule has 2 unspecified atom stereocenters. The normalized spacial score (nSPS) is 22.4. The minimum Gasteiger partial charge on any atom is -0.293 e. The van der Waals surface area contributed by atoms with Gasteiger partial charge in [0.15, 0.2) is 5.78 Å². The number of thiophene rings is 1. The standard InChI is InChI=1S/C15H14OS/c1-10-5-2-3-6-11(10)12-9-13(12)15(16)14-7-4-8-17-14/h2-8,12-13H,9H2,1H3. The topological polar surface area (TPSA) is 17.1 Å². The molecule has 0 aliphatic heterocycles. The first kappa shape index (κ1) is 10.7. The van der Waals surface area contributed by atoms with Crippen LogP contribution in [0.25, 0.3) is 0 Å². The van der Waals surface area contributed by atoms with Crippen molar-refractivity contribution in [2.24, 2.45) is 5.92 Å². The Balaban J connectivity index is 1.79. The molecule has 2 heteroatoms. The fourth-order valence-corrected chi connectivity index (χ4v) is 3.16. The molecule has 1 fully saturated rings. The van der Waals surface area contributed by atoms with Crippen LogP contribution in [-0.4, -0.2) is 5.78 Å². The molecule has 0 radical (unpaired) electrons. The molecule has 0 N–H and O–H groups in total. The monoisotopic (exact) mass is 242 g/mol. The quantitative estimate of drug-likeness (QED) is 0.742. The van der Waals surface area contributed by atoms with Gasteiger partial charge in [-0.3, -0.25) is 4.79 Å². The molecule has 2 atom stereocenters. The van der Waals surface area contributed by atoms with Crippen LogP contribution in [0.1, 0.15) is 33.1 Å². The van der Waals surface area contributed by atoms with Crippen LogP contribution in [0.4, 0.5) is 0 Å². The Morgan fingerprint density at radius 3 is 2.76 bits per heavy atom. The smallest absolute Gasteiger partial charge is 0.176 e. The Bertz CT molecular complexity index is 542. The molecule has 0 bridgehead atoms. The van der Waals surface area contributed by atoms with Crippen LogP contribution in [0, 0.1) is 12.8 Å². The minimum atomic E-state index is 0.217. The summed E-state index contributed by atoms with van der Waals surface area (Å²) in [5.41, 5.74) is 2.65. The van der Waals surface area contributed by atoms with Crippen LogP contribution in [-0.2, 0) is 0 Å². The van der Waals surface area contributed by atoms with Crippen molar-refractivity contribution >= 4 is 17.1 Å². The van der Waals surface area contributed by atoms with E-state index < -0.39 is 0 Å². The second-order valence-corrected chi connectivity index (χ2v) is 5.59. The van der Waals surface area contributed by atoms with Crippen molar-refractivity contribution in [3.05, 3.63) is 57.8 Å². The maximum atomic E-state index is 12.2. The Labute approximate surface area is 105 Å². The molecule has 1 aliphatic carbocycles. The number of benzene rings is 1. The Morgan fingerprint density at radius 1 is 1.24 bits per heavy atom. The number of Topliss-reactive ketones (excluding diaryl/α,β-unsaturated/α-hetero) is 1. The van der Waals surface area contributed by atoms with Crippen LogP contribution in [0.15, 0.2) is 41.8 Å². The average molecular weight is 242 g/mol. The average Bonchev–Trinajstić information content (AvgIpc) is 2.93. The van der Waals surface area contributed by atoms with Crippen molar-refractivity contribution < 1.29 is 4.79 Å². The van der Waals surface area contributed by atoms with Crippen molar-refractivity contribution in [1.82, 2.24) is 0 Å². The van der Waals surface area contributed by atoms with Gasteiger partial charge in [0.1, 0.15) is 0 Å². The molecule has 1 heterocycles. The summed E-state index contributed by atoms with van der Waals surface area (Å²) >= 11 is 1.55. The molecule has 1 aliphatic rings. The lowest BCUT2D eigenvalue weighted by Gasteiger charge is -2.03. The van der Waals surface area contributed by atoms with Crippen LogP contribution >= 0.6 is 11.3 Å².